The first-order valence-corrected chi connectivity index (χ1v) is 7.03. The minimum absolute atomic E-state index is 0.0471. The van der Waals surface area contributed by atoms with Crippen molar-refractivity contribution in [3.8, 4) is 0 Å². The molecule has 116 valence electrons. The molecule has 0 spiro atoms. The number of carboxylic acid groups (broad SMARTS) is 1. The molecule has 1 unspecified atom stereocenters. The number of nitrogens with zero attached hydrogens (tertiary/aromatic N) is 3. The van der Waals surface area contributed by atoms with E-state index >= 15 is 0 Å². The number of hydrogen-bond donors (Lipinski definition) is 2. The molecule has 1 fully saturated rings. The molecule has 20 heavy (non-hydrogen) atoms. The Morgan fingerprint density at radius 1 is 1.25 bits per heavy atom. The SMILES string of the molecule is CC(CC(=O)O)NC(=O)N1CCN(CCN(C)C)CC1. The lowest BCUT2D eigenvalue weighted by Crippen LogP contribution is -2.54. The first-order chi connectivity index (χ1) is 9.38. The quantitative estimate of drug-likeness (QED) is 0.703. The van der Waals surface area contributed by atoms with Gasteiger partial charge in [0.25, 0.3) is 0 Å². The van der Waals surface area contributed by atoms with Crippen LogP contribution in [-0.2, 0) is 4.79 Å². The molecule has 0 bridgehead atoms. The van der Waals surface area contributed by atoms with E-state index in [1.54, 1.807) is 11.8 Å². The molecule has 2 N–H and O–H groups in total. The molecule has 2 amide bonds. The van der Waals surface area contributed by atoms with Crippen LogP contribution in [0, 0.1) is 0 Å². The van der Waals surface area contributed by atoms with Crippen molar-refractivity contribution in [2.45, 2.75) is 19.4 Å². The van der Waals surface area contributed by atoms with Gasteiger partial charge < -0.3 is 20.2 Å². The second-order valence-electron chi connectivity index (χ2n) is 5.58. The molecule has 0 aromatic rings. The molecule has 0 radical (unpaired) electrons. The van der Waals surface area contributed by atoms with Gasteiger partial charge in [0.15, 0.2) is 0 Å². The molecule has 7 heteroatoms. The number of likely N-dealkylation sites (N-methyl/N-ethyl adjacent to an activating group) is 1. The summed E-state index contributed by atoms with van der Waals surface area (Å²) in [6.07, 6.45) is -0.0471. The van der Waals surface area contributed by atoms with Crippen molar-refractivity contribution in [2.24, 2.45) is 0 Å². The van der Waals surface area contributed by atoms with Crippen LogP contribution in [0.4, 0.5) is 4.79 Å². The van der Waals surface area contributed by atoms with E-state index in [1.807, 2.05) is 14.1 Å². The lowest BCUT2D eigenvalue weighted by atomic mass is 10.2. The Labute approximate surface area is 120 Å². The first kappa shape index (κ1) is 16.7. The van der Waals surface area contributed by atoms with E-state index < -0.39 is 5.97 Å². The minimum Gasteiger partial charge on any atom is -0.481 e. The molecule has 0 aliphatic carbocycles. The van der Waals surface area contributed by atoms with Gasteiger partial charge in [-0.2, -0.15) is 0 Å². The van der Waals surface area contributed by atoms with Gasteiger partial charge in [-0.3, -0.25) is 9.69 Å². The van der Waals surface area contributed by atoms with Crippen LogP contribution in [-0.4, -0.2) is 91.2 Å². The Balaban J connectivity index is 2.26. The van der Waals surface area contributed by atoms with Crippen molar-refractivity contribution in [1.29, 1.82) is 0 Å². The predicted octanol–water partition coefficient (Wildman–Crippen LogP) is -0.262. The Hall–Kier alpha value is -1.34. The molecular weight excluding hydrogens is 260 g/mol. The number of amides is 2. The molecule has 1 heterocycles. The maximum Gasteiger partial charge on any atom is 0.317 e. The summed E-state index contributed by atoms with van der Waals surface area (Å²) in [7, 11) is 4.10. The fraction of sp³-hybridized carbons (Fsp3) is 0.846. The Morgan fingerprint density at radius 3 is 2.35 bits per heavy atom. The summed E-state index contributed by atoms with van der Waals surface area (Å²) >= 11 is 0. The fourth-order valence-corrected chi connectivity index (χ4v) is 2.13. The number of hydrogen-bond acceptors (Lipinski definition) is 4. The number of carbonyl (C=O) groups excluding carboxylic acids is 1. The second kappa shape index (κ2) is 8.06. The standard InChI is InChI=1S/C13H26N4O3/c1-11(10-12(18)19)14-13(20)17-8-6-16(7-9-17)5-4-15(2)3/h11H,4-10H2,1-3H3,(H,14,20)(H,18,19). The Bertz CT molecular complexity index is 328. The van der Waals surface area contributed by atoms with E-state index in [1.165, 1.54) is 0 Å². The van der Waals surface area contributed by atoms with Crippen molar-refractivity contribution in [2.75, 3.05) is 53.4 Å². The van der Waals surface area contributed by atoms with Crippen LogP contribution in [0.2, 0.25) is 0 Å². The number of rotatable bonds is 6. The van der Waals surface area contributed by atoms with Crippen molar-refractivity contribution < 1.29 is 14.7 Å². The average molecular weight is 286 g/mol. The fourth-order valence-electron chi connectivity index (χ4n) is 2.13. The van der Waals surface area contributed by atoms with Gasteiger partial charge in [0.1, 0.15) is 0 Å². The zero-order chi connectivity index (χ0) is 15.1. The van der Waals surface area contributed by atoms with Crippen LogP contribution in [0.1, 0.15) is 13.3 Å². The highest BCUT2D eigenvalue weighted by molar-refractivity contribution is 5.76. The predicted molar refractivity (Wildman–Crippen MR) is 76.8 cm³/mol. The van der Waals surface area contributed by atoms with E-state index in [9.17, 15) is 9.59 Å². The largest absolute Gasteiger partial charge is 0.481 e. The van der Waals surface area contributed by atoms with Crippen LogP contribution in [0.5, 0.6) is 0 Å². The highest BCUT2D eigenvalue weighted by Gasteiger charge is 2.22. The Kier molecular flexibility index (Phi) is 6.74. The van der Waals surface area contributed by atoms with Gasteiger partial charge in [-0.05, 0) is 21.0 Å². The van der Waals surface area contributed by atoms with Crippen LogP contribution >= 0.6 is 0 Å². The number of urea groups is 1. The summed E-state index contributed by atoms with van der Waals surface area (Å²) < 4.78 is 0. The van der Waals surface area contributed by atoms with Crippen molar-refractivity contribution in [1.82, 2.24) is 20.0 Å². The average Bonchev–Trinajstić information content (AvgIpc) is 2.35. The molecular formula is C13H26N4O3. The summed E-state index contributed by atoms with van der Waals surface area (Å²) in [5.74, 6) is -0.897. The van der Waals surface area contributed by atoms with E-state index in [0.29, 0.717) is 13.1 Å². The molecule has 7 nitrogen and oxygen atoms in total. The molecule has 0 aromatic heterocycles. The van der Waals surface area contributed by atoms with Crippen LogP contribution in [0.3, 0.4) is 0 Å². The minimum atomic E-state index is -0.897. The molecule has 0 aromatic carbocycles. The third kappa shape index (κ3) is 6.21. The van der Waals surface area contributed by atoms with E-state index in [0.717, 1.165) is 26.2 Å². The number of aliphatic carboxylic acids is 1. The first-order valence-electron chi connectivity index (χ1n) is 7.03. The van der Waals surface area contributed by atoms with Crippen LogP contribution < -0.4 is 5.32 Å². The van der Waals surface area contributed by atoms with Crippen LogP contribution in [0.25, 0.3) is 0 Å². The molecule has 0 saturated carbocycles. The summed E-state index contributed by atoms with van der Waals surface area (Å²) in [6, 6.07) is -0.502. The highest BCUT2D eigenvalue weighted by atomic mass is 16.4. The molecule has 1 aliphatic heterocycles. The third-order valence-corrected chi connectivity index (χ3v) is 3.37. The topological polar surface area (TPSA) is 76.1 Å². The van der Waals surface area contributed by atoms with Crippen molar-refractivity contribution >= 4 is 12.0 Å². The summed E-state index contributed by atoms with van der Waals surface area (Å²) in [4.78, 5) is 28.8. The third-order valence-electron chi connectivity index (χ3n) is 3.37. The lowest BCUT2D eigenvalue weighted by molar-refractivity contribution is -0.137. The monoisotopic (exact) mass is 286 g/mol. The zero-order valence-corrected chi connectivity index (χ0v) is 12.6. The van der Waals surface area contributed by atoms with Gasteiger partial charge in [0, 0.05) is 45.3 Å². The van der Waals surface area contributed by atoms with Gasteiger partial charge in [0.05, 0.1) is 6.42 Å². The number of carboxylic acids is 1. The molecule has 1 aliphatic rings. The van der Waals surface area contributed by atoms with E-state index in [2.05, 4.69) is 15.1 Å². The number of nitrogens with one attached hydrogen (secondary N) is 1. The van der Waals surface area contributed by atoms with E-state index in [-0.39, 0.29) is 18.5 Å². The van der Waals surface area contributed by atoms with Crippen molar-refractivity contribution in [3.63, 3.8) is 0 Å². The summed E-state index contributed by atoms with van der Waals surface area (Å²) in [6.45, 7) is 6.86. The lowest BCUT2D eigenvalue weighted by Gasteiger charge is -2.35. The maximum absolute atomic E-state index is 12.0. The maximum atomic E-state index is 12.0. The normalized spacial score (nSPS) is 18.1. The molecule has 1 saturated heterocycles. The zero-order valence-electron chi connectivity index (χ0n) is 12.6. The van der Waals surface area contributed by atoms with E-state index in [4.69, 9.17) is 5.11 Å². The number of carbonyl (C=O) groups is 2. The van der Waals surface area contributed by atoms with Crippen molar-refractivity contribution in [3.05, 3.63) is 0 Å². The van der Waals surface area contributed by atoms with Gasteiger partial charge in [-0.1, -0.05) is 0 Å². The smallest absolute Gasteiger partial charge is 0.317 e. The van der Waals surface area contributed by atoms with Gasteiger partial charge in [-0.25, -0.2) is 4.79 Å². The summed E-state index contributed by atoms with van der Waals surface area (Å²) in [5, 5.41) is 11.4. The number of piperazine rings is 1. The van der Waals surface area contributed by atoms with Gasteiger partial charge in [0.2, 0.25) is 0 Å². The highest BCUT2D eigenvalue weighted by Crippen LogP contribution is 2.03. The van der Waals surface area contributed by atoms with Gasteiger partial charge >= 0.3 is 12.0 Å². The molecule has 1 rings (SSSR count). The van der Waals surface area contributed by atoms with Gasteiger partial charge in [-0.15, -0.1) is 0 Å². The Morgan fingerprint density at radius 2 is 1.85 bits per heavy atom. The second-order valence-corrected chi connectivity index (χ2v) is 5.58. The molecule has 1 atom stereocenters. The summed E-state index contributed by atoms with van der Waals surface area (Å²) in [5.41, 5.74) is 0. The van der Waals surface area contributed by atoms with Crippen LogP contribution in [0.15, 0.2) is 0 Å².